The van der Waals surface area contributed by atoms with Gasteiger partial charge in [-0.3, -0.25) is 14.6 Å². The van der Waals surface area contributed by atoms with Crippen LogP contribution in [0.2, 0.25) is 0 Å². The van der Waals surface area contributed by atoms with E-state index in [9.17, 15) is 4.79 Å². The van der Waals surface area contributed by atoms with Crippen molar-refractivity contribution in [2.24, 2.45) is 5.92 Å². The average Bonchev–Trinajstić information content (AvgIpc) is 3.46. The van der Waals surface area contributed by atoms with Crippen LogP contribution in [0.3, 0.4) is 0 Å². The molecule has 2 aliphatic rings. The van der Waals surface area contributed by atoms with Gasteiger partial charge in [0.2, 0.25) is 0 Å². The number of morpholine rings is 1. The van der Waals surface area contributed by atoms with E-state index in [1.54, 1.807) is 44.3 Å². The van der Waals surface area contributed by atoms with Gasteiger partial charge < -0.3 is 14.3 Å². The molecule has 10 nitrogen and oxygen atoms in total. The second-order valence-electron chi connectivity index (χ2n) is 12.6. The second kappa shape index (κ2) is 13.2. The van der Waals surface area contributed by atoms with Gasteiger partial charge in [0.05, 0.1) is 42.3 Å². The Bertz CT molecular complexity index is 1640. The van der Waals surface area contributed by atoms with Gasteiger partial charge in [-0.2, -0.15) is 5.10 Å². The van der Waals surface area contributed by atoms with Gasteiger partial charge in [-0.1, -0.05) is 12.1 Å². The number of piperidine rings is 1. The van der Waals surface area contributed by atoms with Crippen LogP contribution in [0.25, 0.3) is 33.4 Å². The standard InChI is InChI=1S/C33H38F2N6O4/c1-33(2,3)44-32(42)45-41-9-5-6-22(19-41)18-40-20-24(16-37-40)30-17-36-29-8-4-7-25(31(29)38-30)23-14-27(34)26(28(35)15-23)21-39-10-12-43-13-11-39/h4,7-8,14-17,20,22H,5-6,9-13,18-19,21H2,1-3H3. The molecule has 0 amide bonds. The molecule has 0 N–H and O–H groups in total. The Hall–Kier alpha value is -4.00. The predicted molar refractivity (Wildman–Crippen MR) is 164 cm³/mol. The summed E-state index contributed by atoms with van der Waals surface area (Å²) in [5.41, 5.74) is 2.97. The highest BCUT2D eigenvalue weighted by molar-refractivity contribution is 5.92. The normalized spacial score (nSPS) is 18.3. The SMILES string of the molecule is CC(C)(C)OC(=O)ON1CCCC(Cn2cc(-c3cnc4cccc(-c5cc(F)c(CN6CCOCC6)c(F)c5)c4n3)cn2)C1. The minimum atomic E-state index is -0.701. The highest BCUT2D eigenvalue weighted by Gasteiger charge is 2.26. The van der Waals surface area contributed by atoms with Crippen molar-refractivity contribution in [3.8, 4) is 22.4 Å². The van der Waals surface area contributed by atoms with Crippen LogP contribution in [0.5, 0.6) is 0 Å². The van der Waals surface area contributed by atoms with E-state index in [2.05, 4.69) is 10.1 Å². The Labute approximate surface area is 260 Å². The van der Waals surface area contributed by atoms with Gasteiger partial charge in [0.1, 0.15) is 17.2 Å². The van der Waals surface area contributed by atoms with Crippen LogP contribution >= 0.6 is 0 Å². The molecule has 0 bridgehead atoms. The average molecular weight is 621 g/mol. The van der Waals surface area contributed by atoms with Crippen LogP contribution < -0.4 is 0 Å². The van der Waals surface area contributed by atoms with Crippen molar-refractivity contribution < 1.29 is 27.9 Å². The van der Waals surface area contributed by atoms with Gasteiger partial charge >= 0.3 is 6.16 Å². The number of nitrogens with zero attached hydrogens (tertiary/aromatic N) is 6. The third-order valence-corrected chi connectivity index (χ3v) is 7.96. The number of benzene rings is 2. The first kappa shape index (κ1) is 31.0. The zero-order chi connectivity index (χ0) is 31.6. The Morgan fingerprint density at radius 1 is 1.07 bits per heavy atom. The lowest BCUT2D eigenvalue weighted by Gasteiger charge is -2.31. The molecule has 4 heterocycles. The fourth-order valence-electron chi connectivity index (χ4n) is 5.79. The van der Waals surface area contributed by atoms with Crippen LogP contribution in [-0.4, -0.2) is 80.9 Å². The summed E-state index contributed by atoms with van der Waals surface area (Å²) in [6.07, 6.45) is 6.48. The fraction of sp³-hybridized carbons (Fsp3) is 0.455. The van der Waals surface area contributed by atoms with Crippen molar-refractivity contribution in [2.75, 3.05) is 39.4 Å². The molecule has 45 heavy (non-hydrogen) atoms. The van der Waals surface area contributed by atoms with E-state index < -0.39 is 23.4 Å². The van der Waals surface area contributed by atoms with Crippen molar-refractivity contribution in [3.05, 3.63) is 66.1 Å². The number of fused-ring (bicyclic) bond motifs is 1. The van der Waals surface area contributed by atoms with E-state index in [4.69, 9.17) is 19.3 Å². The van der Waals surface area contributed by atoms with Crippen molar-refractivity contribution in [2.45, 2.75) is 52.3 Å². The fourth-order valence-corrected chi connectivity index (χ4v) is 5.79. The molecule has 2 fully saturated rings. The van der Waals surface area contributed by atoms with Crippen LogP contribution in [0.1, 0.15) is 39.2 Å². The van der Waals surface area contributed by atoms with Gasteiger partial charge in [-0.05, 0) is 63.3 Å². The summed E-state index contributed by atoms with van der Waals surface area (Å²) in [6.45, 7) is 9.85. The molecule has 1 unspecified atom stereocenters. The number of halogens is 2. The van der Waals surface area contributed by atoms with E-state index in [1.807, 2.05) is 27.9 Å². The number of para-hydroxylation sites is 1. The summed E-state index contributed by atoms with van der Waals surface area (Å²) in [7, 11) is 0. The maximum atomic E-state index is 15.3. The topological polar surface area (TPSA) is 94.8 Å². The summed E-state index contributed by atoms with van der Waals surface area (Å²) in [4.78, 5) is 29.0. The molecule has 4 aromatic rings. The van der Waals surface area contributed by atoms with E-state index in [-0.39, 0.29) is 18.0 Å². The number of ether oxygens (including phenoxy) is 2. The monoisotopic (exact) mass is 620 g/mol. The van der Waals surface area contributed by atoms with E-state index >= 15 is 8.78 Å². The van der Waals surface area contributed by atoms with Crippen LogP contribution in [0.4, 0.5) is 13.6 Å². The number of carbonyl (C=O) groups is 1. The summed E-state index contributed by atoms with van der Waals surface area (Å²) in [5.74, 6) is -0.951. The molecule has 0 spiro atoms. The largest absolute Gasteiger partial charge is 0.528 e. The Morgan fingerprint density at radius 2 is 1.84 bits per heavy atom. The third-order valence-electron chi connectivity index (χ3n) is 7.96. The molecule has 1 atom stereocenters. The Balaban J connectivity index is 1.18. The molecular formula is C33H38F2N6O4. The third kappa shape index (κ3) is 7.63. The highest BCUT2D eigenvalue weighted by atomic mass is 19.1. The zero-order valence-electron chi connectivity index (χ0n) is 25.8. The zero-order valence-corrected chi connectivity index (χ0v) is 25.8. The molecule has 0 aliphatic carbocycles. The lowest BCUT2D eigenvalue weighted by molar-refractivity contribution is -0.159. The van der Waals surface area contributed by atoms with Gasteiger partial charge in [0.15, 0.2) is 0 Å². The van der Waals surface area contributed by atoms with Crippen LogP contribution in [0.15, 0.2) is 48.9 Å². The lowest BCUT2D eigenvalue weighted by atomic mass is 9.99. The summed E-state index contributed by atoms with van der Waals surface area (Å²) >= 11 is 0. The van der Waals surface area contributed by atoms with Crippen molar-refractivity contribution in [1.82, 2.24) is 29.7 Å². The molecule has 6 rings (SSSR count). The molecule has 0 radical (unpaired) electrons. The minimum absolute atomic E-state index is 0.0533. The second-order valence-corrected chi connectivity index (χ2v) is 12.6. The van der Waals surface area contributed by atoms with E-state index in [1.165, 1.54) is 12.1 Å². The van der Waals surface area contributed by atoms with Gasteiger partial charge in [0.25, 0.3) is 0 Å². The van der Waals surface area contributed by atoms with E-state index in [0.717, 1.165) is 18.4 Å². The molecule has 2 aliphatic heterocycles. The smallest absolute Gasteiger partial charge is 0.427 e. The minimum Gasteiger partial charge on any atom is -0.427 e. The van der Waals surface area contributed by atoms with Gasteiger partial charge in [-0.15, -0.1) is 5.06 Å². The summed E-state index contributed by atoms with van der Waals surface area (Å²) in [5, 5.41) is 6.21. The van der Waals surface area contributed by atoms with Crippen molar-refractivity contribution >= 4 is 17.2 Å². The number of carbonyl (C=O) groups excluding carboxylic acids is 1. The molecule has 238 valence electrons. The number of hydrogen-bond acceptors (Lipinski definition) is 9. The van der Waals surface area contributed by atoms with Crippen molar-refractivity contribution in [1.29, 1.82) is 0 Å². The highest BCUT2D eigenvalue weighted by Crippen LogP contribution is 2.31. The quantitative estimate of drug-likeness (QED) is 0.236. The molecule has 12 heteroatoms. The molecule has 2 aromatic carbocycles. The van der Waals surface area contributed by atoms with Crippen molar-refractivity contribution in [3.63, 3.8) is 0 Å². The maximum absolute atomic E-state index is 15.3. The molecule has 2 saturated heterocycles. The predicted octanol–water partition coefficient (Wildman–Crippen LogP) is 5.85. The maximum Gasteiger partial charge on any atom is 0.528 e. The Morgan fingerprint density at radius 3 is 2.60 bits per heavy atom. The first-order valence-corrected chi connectivity index (χ1v) is 15.3. The van der Waals surface area contributed by atoms with Crippen LogP contribution in [0, 0.1) is 17.6 Å². The molecular weight excluding hydrogens is 582 g/mol. The van der Waals surface area contributed by atoms with E-state index in [0.29, 0.717) is 73.8 Å². The number of hydroxylamine groups is 2. The van der Waals surface area contributed by atoms with Gasteiger partial charge in [-0.25, -0.2) is 18.6 Å². The first-order valence-electron chi connectivity index (χ1n) is 15.3. The number of hydrogen-bond donors (Lipinski definition) is 0. The Kier molecular flexibility index (Phi) is 9.06. The number of aromatic nitrogens is 4. The van der Waals surface area contributed by atoms with Crippen LogP contribution in [-0.2, 0) is 27.4 Å². The van der Waals surface area contributed by atoms with Gasteiger partial charge in [0, 0.05) is 62.2 Å². The number of rotatable bonds is 7. The summed E-state index contributed by atoms with van der Waals surface area (Å²) in [6, 6.07) is 8.18. The lowest BCUT2D eigenvalue weighted by Crippen LogP contribution is -2.40. The summed E-state index contributed by atoms with van der Waals surface area (Å²) < 4.78 is 43.0. The molecule has 2 aromatic heterocycles. The molecule has 0 saturated carbocycles. The first-order chi connectivity index (χ1) is 21.6.